The molecule has 0 aliphatic heterocycles. The van der Waals surface area contributed by atoms with Gasteiger partial charge in [0.25, 0.3) is 0 Å². The number of hydrogen-bond donors (Lipinski definition) is 1. The summed E-state index contributed by atoms with van der Waals surface area (Å²) < 4.78 is 15.7. The van der Waals surface area contributed by atoms with Gasteiger partial charge in [-0.15, -0.1) is 4.39 Å². The zero-order valence-corrected chi connectivity index (χ0v) is 6.36. The maximum absolute atomic E-state index is 11.7. The average Bonchev–Trinajstić information content (AvgIpc) is 2.04. The Morgan fingerprint density at radius 2 is 1.77 bits per heavy atom. The lowest BCUT2D eigenvalue weighted by atomic mass is 10.2. The first-order valence-electron chi connectivity index (χ1n) is 3.30. The van der Waals surface area contributed by atoms with E-state index in [9.17, 15) is 14.0 Å². The SMILES string of the molecule is O=C(F)Oc1ccc(C(=O)O)cc1. The fraction of sp³-hybridized carbons (Fsp3) is 0. The van der Waals surface area contributed by atoms with Crippen molar-refractivity contribution in [2.75, 3.05) is 0 Å². The van der Waals surface area contributed by atoms with Crippen molar-refractivity contribution in [3.05, 3.63) is 29.8 Å². The van der Waals surface area contributed by atoms with Gasteiger partial charge in [-0.2, -0.15) is 0 Å². The summed E-state index contributed by atoms with van der Waals surface area (Å²) in [7, 11) is 0. The molecule has 1 rings (SSSR count). The van der Waals surface area contributed by atoms with Crippen LogP contribution >= 0.6 is 0 Å². The minimum atomic E-state index is -1.93. The van der Waals surface area contributed by atoms with Crippen molar-refractivity contribution in [2.24, 2.45) is 0 Å². The number of benzene rings is 1. The number of aromatic carboxylic acids is 1. The Balaban J connectivity index is 2.81. The van der Waals surface area contributed by atoms with Crippen LogP contribution in [0.25, 0.3) is 0 Å². The lowest BCUT2D eigenvalue weighted by molar-refractivity contribution is 0.0697. The summed E-state index contributed by atoms with van der Waals surface area (Å²) >= 11 is 0. The first-order chi connectivity index (χ1) is 6.09. The number of carbonyl (C=O) groups excluding carboxylic acids is 1. The van der Waals surface area contributed by atoms with Crippen molar-refractivity contribution >= 4 is 12.2 Å². The van der Waals surface area contributed by atoms with Crippen LogP contribution in [0.1, 0.15) is 10.4 Å². The normalized spacial score (nSPS) is 9.31. The lowest BCUT2D eigenvalue weighted by Crippen LogP contribution is -1.99. The van der Waals surface area contributed by atoms with Gasteiger partial charge in [-0.25, -0.2) is 9.59 Å². The number of carboxylic acid groups (broad SMARTS) is 1. The zero-order chi connectivity index (χ0) is 9.84. The second kappa shape index (κ2) is 3.66. The third-order valence-corrected chi connectivity index (χ3v) is 1.30. The van der Waals surface area contributed by atoms with Crippen LogP contribution in [0.2, 0.25) is 0 Å². The highest BCUT2D eigenvalue weighted by Gasteiger charge is 2.04. The Kier molecular flexibility index (Phi) is 2.59. The molecule has 0 saturated carbocycles. The number of carbonyl (C=O) groups is 2. The molecule has 0 atom stereocenters. The van der Waals surface area contributed by atoms with Gasteiger partial charge in [-0.3, -0.25) is 0 Å². The number of hydrogen-bond acceptors (Lipinski definition) is 3. The number of halogens is 1. The van der Waals surface area contributed by atoms with Gasteiger partial charge in [0.1, 0.15) is 5.75 Å². The first-order valence-corrected chi connectivity index (χ1v) is 3.30. The van der Waals surface area contributed by atoms with E-state index in [0.29, 0.717) is 0 Å². The van der Waals surface area contributed by atoms with Gasteiger partial charge in [0.2, 0.25) is 0 Å². The number of carboxylic acids is 1. The third kappa shape index (κ3) is 2.55. The van der Waals surface area contributed by atoms with Crippen molar-refractivity contribution < 1.29 is 23.8 Å². The fourth-order valence-electron chi connectivity index (χ4n) is 0.758. The second-order valence-electron chi connectivity index (χ2n) is 2.17. The van der Waals surface area contributed by atoms with E-state index >= 15 is 0 Å². The highest BCUT2D eigenvalue weighted by molar-refractivity contribution is 5.87. The van der Waals surface area contributed by atoms with E-state index in [1.807, 2.05) is 0 Å². The van der Waals surface area contributed by atoms with Crippen molar-refractivity contribution in [1.29, 1.82) is 0 Å². The maximum Gasteiger partial charge on any atom is 0.500 e. The van der Waals surface area contributed by atoms with Crippen LogP contribution in [-0.2, 0) is 0 Å². The molecule has 1 aromatic carbocycles. The average molecular weight is 184 g/mol. The van der Waals surface area contributed by atoms with Crippen molar-refractivity contribution in [2.45, 2.75) is 0 Å². The van der Waals surface area contributed by atoms with Crippen LogP contribution in [0.4, 0.5) is 9.18 Å². The molecule has 0 aliphatic carbocycles. The molecule has 0 heterocycles. The summed E-state index contributed by atoms with van der Waals surface area (Å²) in [4.78, 5) is 20.2. The predicted molar refractivity (Wildman–Crippen MR) is 40.5 cm³/mol. The Morgan fingerprint density at radius 3 is 2.15 bits per heavy atom. The van der Waals surface area contributed by atoms with Crippen molar-refractivity contribution in [3.63, 3.8) is 0 Å². The van der Waals surface area contributed by atoms with E-state index in [-0.39, 0.29) is 11.3 Å². The Bertz CT molecular complexity index is 331. The van der Waals surface area contributed by atoms with E-state index in [1.165, 1.54) is 24.3 Å². The molecule has 1 aromatic rings. The third-order valence-electron chi connectivity index (χ3n) is 1.30. The number of rotatable bonds is 2. The molecular formula is C8H5FO4. The van der Waals surface area contributed by atoms with E-state index in [0.717, 1.165) is 0 Å². The van der Waals surface area contributed by atoms with Crippen LogP contribution in [0.5, 0.6) is 5.75 Å². The van der Waals surface area contributed by atoms with Gasteiger partial charge < -0.3 is 9.84 Å². The smallest absolute Gasteiger partial charge is 0.478 e. The van der Waals surface area contributed by atoms with Gasteiger partial charge >= 0.3 is 12.2 Å². The van der Waals surface area contributed by atoms with E-state index in [4.69, 9.17) is 5.11 Å². The molecule has 0 radical (unpaired) electrons. The molecule has 0 saturated heterocycles. The Hall–Kier alpha value is -1.91. The zero-order valence-electron chi connectivity index (χ0n) is 6.36. The molecular weight excluding hydrogens is 179 g/mol. The highest BCUT2D eigenvalue weighted by Crippen LogP contribution is 2.12. The van der Waals surface area contributed by atoms with Gasteiger partial charge in [0, 0.05) is 0 Å². The van der Waals surface area contributed by atoms with Crippen LogP contribution in [-0.4, -0.2) is 17.3 Å². The quantitative estimate of drug-likeness (QED) is 0.712. The summed E-state index contributed by atoms with van der Waals surface area (Å²) in [5, 5.41) is 8.48. The second-order valence-corrected chi connectivity index (χ2v) is 2.17. The molecule has 13 heavy (non-hydrogen) atoms. The van der Waals surface area contributed by atoms with Gasteiger partial charge in [0.15, 0.2) is 0 Å². The Labute approximate surface area is 72.6 Å². The summed E-state index contributed by atoms with van der Waals surface area (Å²) in [6.07, 6.45) is -1.93. The molecule has 0 aromatic heterocycles. The summed E-state index contributed by atoms with van der Waals surface area (Å²) in [5.74, 6) is -1.13. The van der Waals surface area contributed by atoms with Gasteiger partial charge in [0.05, 0.1) is 5.56 Å². The number of ether oxygens (including phenoxy) is 1. The molecule has 4 nitrogen and oxygen atoms in total. The standard InChI is InChI=1S/C8H5FO4/c9-8(12)13-6-3-1-5(2-4-6)7(10)11/h1-4H,(H,10,11). The largest absolute Gasteiger partial charge is 0.500 e. The predicted octanol–water partition coefficient (Wildman–Crippen LogP) is 1.85. The van der Waals surface area contributed by atoms with Crippen molar-refractivity contribution in [3.8, 4) is 5.75 Å². The summed E-state index contributed by atoms with van der Waals surface area (Å²) in [6.45, 7) is 0. The topological polar surface area (TPSA) is 63.6 Å². The van der Waals surface area contributed by atoms with Crippen LogP contribution in [0, 0.1) is 0 Å². The van der Waals surface area contributed by atoms with E-state index in [2.05, 4.69) is 4.74 Å². The minimum Gasteiger partial charge on any atom is -0.478 e. The molecule has 0 spiro atoms. The summed E-state index contributed by atoms with van der Waals surface area (Å²) in [5.41, 5.74) is 0.0404. The maximum atomic E-state index is 11.7. The molecule has 0 bridgehead atoms. The highest BCUT2D eigenvalue weighted by atomic mass is 19.1. The van der Waals surface area contributed by atoms with E-state index in [1.54, 1.807) is 0 Å². The molecule has 0 aliphatic rings. The molecule has 68 valence electrons. The van der Waals surface area contributed by atoms with Gasteiger partial charge in [-0.1, -0.05) is 0 Å². The van der Waals surface area contributed by atoms with Crippen LogP contribution in [0.3, 0.4) is 0 Å². The monoisotopic (exact) mass is 184 g/mol. The van der Waals surface area contributed by atoms with E-state index < -0.39 is 12.2 Å². The molecule has 0 fully saturated rings. The van der Waals surface area contributed by atoms with Crippen molar-refractivity contribution in [1.82, 2.24) is 0 Å². The van der Waals surface area contributed by atoms with Crippen LogP contribution < -0.4 is 4.74 Å². The summed E-state index contributed by atoms with van der Waals surface area (Å²) in [6, 6.07) is 4.81. The van der Waals surface area contributed by atoms with Gasteiger partial charge in [-0.05, 0) is 24.3 Å². The lowest BCUT2D eigenvalue weighted by Gasteiger charge is -1.98. The molecule has 0 unspecified atom stereocenters. The van der Waals surface area contributed by atoms with Crippen LogP contribution in [0.15, 0.2) is 24.3 Å². The first kappa shape index (κ1) is 9.18. The fourth-order valence-corrected chi connectivity index (χ4v) is 0.758. The molecule has 1 N–H and O–H groups in total. The minimum absolute atomic E-state index is 0.0301. The Morgan fingerprint density at radius 1 is 1.23 bits per heavy atom. The molecule has 5 heteroatoms. The molecule has 0 amide bonds.